The minimum absolute atomic E-state index is 0.104. The summed E-state index contributed by atoms with van der Waals surface area (Å²) in [4.78, 5) is 15.8. The minimum Gasteiger partial charge on any atom is -0.466 e. The summed E-state index contributed by atoms with van der Waals surface area (Å²) in [5.74, 6) is 0.432. The molecule has 0 bridgehead atoms. The van der Waals surface area contributed by atoms with Crippen LogP contribution in [0.25, 0.3) is 0 Å². The third-order valence-electron chi connectivity index (χ3n) is 3.54. The molecule has 20 heavy (non-hydrogen) atoms. The molecule has 0 aliphatic carbocycles. The van der Waals surface area contributed by atoms with Crippen LogP contribution in [0.15, 0.2) is 0 Å². The van der Waals surface area contributed by atoms with Gasteiger partial charge in [-0.3, -0.25) is 4.79 Å². The lowest BCUT2D eigenvalue weighted by Crippen LogP contribution is -2.32. The molecule has 6 nitrogen and oxygen atoms in total. The first-order chi connectivity index (χ1) is 9.65. The van der Waals surface area contributed by atoms with Gasteiger partial charge in [-0.2, -0.15) is 0 Å². The van der Waals surface area contributed by atoms with Gasteiger partial charge in [0.05, 0.1) is 31.4 Å². The Morgan fingerprint density at radius 1 is 1.60 bits per heavy atom. The smallest absolute Gasteiger partial charge is 0.306 e. The van der Waals surface area contributed by atoms with Crippen molar-refractivity contribution < 1.29 is 19.4 Å². The van der Waals surface area contributed by atoms with Gasteiger partial charge in [0, 0.05) is 12.3 Å². The number of hydrogen-bond acceptors (Lipinski definition) is 5. The summed E-state index contributed by atoms with van der Waals surface area (Å²) in [6.07, 6.45) is 2.12. The highest BCUT2D eigenvalue weighted by Gasteiger charge is 2.23. The summed E-state index contributed by atoms with van der Waals surface area (Å²) in [5.41, 5.74) is 1.84. The van der Waals surface area contributed by atoms with E-state index in [1.165, 1.54) is 0 Å². The zero-order valence-corrected chi connectivity index (χ0v) is 12.1. The van der Waals surface area contributed by atoms with Crippen LogP contribution in [0.3, 0.4) is 0 Å². The molecule has 0 aromatic carbocycles. The van der Waals surface area contributed by atoms with E-state index in [9.17, 15) is 9.90 Å². The second-order valence-corrected chi connectivity index (χ2v) is 4.92. The Balaban J connectivity index is 2.08. The Labute approximate surface area is 118 Å². The maximum atomic E-state index is 11.5. The molecule has 0 radical (unpaired) electrons. The van der Waals surface area contributed by atoms with Gasteiger partial charge in [0.15, 0.2) is 0 Å². The summed E-state index contributed by atoms with van der Waals surface area (Å²) in [6, 6.07) is 0. The SMILES string of the molecule is CCOC(=O)CCc1c(C)nc(CO)n1C[C@@H]1CCO1. The zero-order valence-electron chi connectivity index (χ0n) is 12.1. The van der Waals surface area contributed by atoms with Crippen LogP contribution in [0, 0.1) is 6.92 Å². The van der Waals surface area contributed by atoms with E-state index in [0.29, 0.717) is 31.8 Å². The first-order valence-corrected chi connectivity index (χ1v) is 7.08. The maximum Gasteiger partial charge on any atom is 0.306 e. The second kappa shape index (κ2) is 6.85. The molecule has 0 amide bonds. The number of aliphatic hydroxyl groups excluding tert-OH is 1. The normalized spacial score (nSPS) is 17.9. The maximum absolute atomic E-state index is 11.5. The second-order valence-electron chi connectivity index (χ2n) is 4.92. The van der Waals surface area contributed by atoms with Crippen molar-refractivity contribution in [2.45, 2.75) is 52.4 Å². The number of imidazole rings is 1. The van der Waals surface area contributed by atoms with E-state index in [-0.39, 0.29) is 18.7 Å². The van der Waals surface area contributed by atoms with E-state index >= 15 is 0 Å². The lowest BCUT2D eigenvalue weighted by atomic mass is 10.1. The molecule has 2 rings (SSSR count). The lowest BCUT2D eigenvalue weighted by Gasteiger charge is -2.28. The van der Waals surface area contributed by atoms with Crippen molar-refractivity contribution in [3.8, 4) is 0 Å². The molecule has 1 fully saturated rings. The Kier molecular flexibility index (Phi) is 5.14. The van der Waals surface area contributed by atoms with Crippen molar-refractivity contribution in [1.82, 2.24) is 9.55 Å². The van der Waals surface area contributed by atoms with Gasteiger partial charge in [-0.1, -0.05) is 0 Å². The molecular weight excluding hydrogens is 260 g/mol. The quantitative estimate of drug-likeness (QED) is 0.754. The predicted molar refractivity (Wildman–Crippen MR) is 72.2 cm³/mol. The topological polar surface area (TPSA) is 73.6 Å². The summed E-state index contributed by atoms with van der Waals surface area (Å²) in [7, 11) is 0. The van der Waals surface area contributed by atoms with E-state index < -0.39 is 0 Å². The van der Waals surface area contributed by atoms with Crippen molar-refractivity contribution in [3.05, 3.63) is 17.2 Å². The average Bonchev–Trinajstić information content (AvgIpc) is 2.67. The fourth-order valence-electron chi connectivity index (χ4n) is 2.41. The molecule has 1 aromatic rings. The molecule has 0 saturated carbocycles. The van der Waals surface area contributed by atoms with Crippen LogP contribution in [-0.2, 0) is 33.8 Å². The molecule has 0 unspecified atom stereocenters. The fraction of sp³-hybridized carbons (Fsp3) is 0.714. The molecule has 1 atom stereocenters. The molecule has 1 aliphatic heterocycles. The van der Waals surface area contributed by atoms with Gasteiger partial charge in [-0.15, -0.1) is 0 Å². The molecular formula is C14H22N2O4. The average molecular weight is 282 g/mol. The van der Waals surface area contributed by atoms with Crippen LogP contribution >= 0.6 is 0 Å². The van der Waals surface area contributed by atoms with E-state index in [2.05, 4.69) is 4.98 Å². The van der Waals surface area contributed by atoms with Crippen molar-refractivity contribution in [2.75, 3.05) is 13.2 Å². The Bertz CT molecular complexity index is 466. The van der Waals surface area contributed by atoms with E-state index in [4.69, 9.17) is 9.47 Å². The number of nitrogens with zero attached hydrogens (tertiary/aromatic N) is 2. The highest BCUT2D eigenvalue weighted by atomic mass is 16.5. The molecule has 0 spiro atoms. The third-order valence-corrected chi connectivity index (χ3v) is 3.54. The number of carbonyl (C=O) groups is 1. The monoisotopic (exact) mass is 282 g/mol. The number of aromatic nitrogens is 2. The molecule has 1 saturated heterocycles. The van der Waals surface area contributed by atoms with Crippen LogP contribution < -0.4 is 0 Å². The van der Waals surface area contributed by atoms with Crippen LogP contribution in [-0.4, -0.2) is 39.9 Å². The third kappa shape index (κ3) is 3.37. The van der Waals surface area contributed by atoms with E-state index in [1.54, 1.807) is 6.92 Å². The Morgan fingerprint density at radius 2 is 2.35 bits per heavy atom. The summed E-state index contributed by atoms with van der Waals surface area (Å²) < 4.78 is 12.4. The number of aliphatic hydroxyl groups is 1. The van der Waals surface area contributed by atoms with Crippen molar-refractivity contribution in [3.63, 3.8) is 0 Å². The van der Waals surface area contributed by atoms with Gasteiger partial charge in [0.1, 0.15) is 12.4 Å². The zero-order chi connectivity index (χ0) is 14.5. The predicted octanol–water partition coefficient (Wildman–Crippen LogP) is 0.968. The molecule has 1 aromatic heterocycles. The van der Waals surface area contributed by atoms with Gasteiger partial charge in [0.2, 0.25) is 0 Å². The molecule has 1 aliphatic rings. The standard InChI is InChI=1S/C14H22N2O4/c1-3-19-14(18)5-4-12-10(2)15-13(9-17)16(12)8-11-6-7-20-11/h11,17H,3-9H2,1-2H3/t11-/m0/s1. The van der Waals surface area contributed by atoms with Crippen LogP contribution in [0.1, 0.15) is 37.0 Å². The minimum atomic E-state index is -0.204. The van der Waals surface area contributed by atoms with Crippen molar-refractivity contribution in [2.24, 2.45) is 0 Å². The lowest BCUT2D eigenvalue weighted by molar-refractivity contribution is -0.143. The number of esters is 1. The first kappa shape index (κ1) is 15.0. The van der Waals surface area contributed by atoms with Crippen molar-refractivity contribution in [1.29, 1.82) is 0 Å². The number of hydrogen-bond donors (Lipinski definition) is 1. The molecule has 2 heterocycles. The summed E-state index contributed by atoms with van der Waals surface area (Å²) in [6.45, 7) is 5.48. The van der Waals surface area contributed by atoms with Crippen LogP contribution in [0.5, 0.6) is 0 Å². The van der Waals surface area contributed by atoms with E-state index in [0.717, 1.165) is 24.4 Å². The Morgan fingerprint density at radius 3 is 2.90 bits per heavy atom. The van der Waals surface area contributed by atoms with Gasteiger partial charge in [-0.25, -0.2) is 4.98 Å². The number of carbonyl (C=O) groups excluding carboxylic acids is 1. The van der Waals surface area contributed by atoms with Crippen LogP contribution in [0.4, 0.5) is 0 Å². The van der Waals surface area contributed by atoms with Crippen molar-refractivity contribution >= 4 is 5.97 Å². The van der Waals surface area contributed by atoms with Gasteiger partial charge < -0.3 is 19.1 Å². The largest absolute Gasteiger partial charge is 0.466 e. The number of ether oxygens (including phenoxy) is 2. The Hall–Kier alpha value is -1.40. The highest BCUT2D eigenvalue weighted by Crippen LogP contribution is 2.20. The summed E-state index contributed by atoms with van der Waals surface area (Å²) in [5, 5.41) is 9.41. The molecule has 1 N–H and O–H groups in total. The summed E-state index contributed by atoms with van der Waals surface area (Å²) >= 11 is 0. The van der Waals surface area contributed by atoms with E-state index in [1.807, 2.05) is 11.5 Å². The number of aryl methyl sites for hydroxylation is 1. The first-order valence-electron chi connectivity index (χ1n) is 7.08. The highest BCUT2D eigenvalue weighted by molar-refractivity contribution is 5.69. The van der Waals surface area contributed by atoms with Gasteiger partial charge in [-0.05, 0) is 26.7 Å². The number of rotatable bonds is 7. The molecule has 112 valence electrons. The molecule has 6 heteroatoms. The van der Waals surface area contributed by atoms with Crippen LogP contribution in [0.2, 0.25) is 0 Å². The fourth-order valence-corrected chi connectivity index (χ4v) is 2.41. The van der Waals surface area contributed by atoms with Gasteiger partial charge >= 0.3 is 5.97 Å². The van der Waals surface area contributed by atoms with Gasteiger partial charge in [0.25, 0.3) is 0 Å².